The molecule has 0 radical (unpaired) electrons. The summed E-state index contributed by atoms with van der Waals surface area (Å²) in [4.78, 5) is 46.1. The number of aldehydes is 1. The number of likely N-dealkylation sites (tertiary alicyclic amines) is 1. The molecular formula is C28H30N4O3. The van der Waals surface area contributed by atoms with Gasteiger partial charge in [0, 0.05) is 6.54 Å². The molecule has 7 nitrogen and oxygen atoms in total. The Kier molecular flexibility index (Phi) is 6.01. The summed E-state index contributed by atoms with van der Waals surface area (Å²) in [7, 11) is 0. The minimum Gasteiger partial charge on any atom is -0.340 e. The third-order valence-corrected chi connectivity index (χ3v) is 7.30. The van der Waals surface area contributed by atoms with Crippen LogP contribution in [0.25, 0.3) is 22.4 Å². The van der Waals surface area contributed by atoms with E-state index in [9.17, 15) is 14.4 Å². The van der Waals surface area contributed by atoms with Gasteiger partial charge >= 0.3 is 0 Å². The predicted octanol–water partition coefficient (Wildman–Crippen LogP) is 4.14. The lowest BCUT2D eigenvalue weighted by Gasteiger charge is -2.30. The molecule has 5 rings (SSSR count). The highest BCUT2D eigenvalue weighted by Gasteiger charge is 2.55. The average molecular weight is 471 g/mol. The van der Waals surface area contributed by atoms with E-state index >= 15 is 0 Å². The second-order valence-corrected chi connectivity index (χ2v) is 10.2. The van der Waals surface area contributed by atoms with E-state index in [1.54, 1.807) is 0 Å². The molecule has 2 aliphatic rings. The van der Waals surface area contributed by atoms with Gasteiger partial charge in [0.25, 0.3) is 5.91 Å². The SMILES string of the molecule is CC(C)[C@H](NC(=O)C=O)C(=O)N1CC2(CC2)C[C@H]1c1ncc(-c2ccc(-c3ccccc3)cc2)[nH]1. The Morgan fingerprint density at radius 2 is 1.71 bits per heavy atom. The molecule has 2 fully saturated rings. The van der Waals surface area contributed by atoms with E-state index in [0.29, 0.717) is 6.54 Å². The number of aromatic nitrogens is 2. The van der Waals surface area contributed by atoms with Crippen LogP contribution >= 0.6 is 0 Å². The Morgan fingerprint density at radius 1 is 1.06 bits per heavy atom. The van der Waals surface area contributed by atoms with Gasteiger partial charge in [-0.3, -0.25) is 14.4 Å². The Morgan fingerprint density at radius 3 is 2.34 bits per heavy atom. The number of rotatable bonds is 7. The van der Waals surface area contributed by atoms with Gasteiger partial charge in [-0.05, 0) is 47.3 Å². The summed E-state index contributed by atoms with van der Waals surface area (Å²) in [6.07, 6.45) is 5.07. The van der Waals surface area contributed by atoms with Crippen LogP contribution in [0.1, 0.15) is 45.0 Å². The third-order valence-electron chi connectivity index (χ3n) is 7.30. The second-order valence-electron chi connectivity index (χ2n) is 10.2. The van der Waals surface area contributed by atoms with Gasteiger partial charge in [-0.2, -0.15) is 0 Å². The van der Waals surface area contributed by atoms with Gasteiger partial charge in [-0.1, -0.05) is 68.4 Å². The molecule has 180 valence electrons. The van der Waals surface area contributed by atoms with E-state index in [1.165, 1.54) is 5.56 Å². The minimum absolute atomic E-state index is 0.140. The molecule has 1 saturated carbocycles. The van der Waals surface area contributed by atoms with Gasteiger partial charge in [0.15, 0.2) is 0 Å². The van der Waals surface area contributed by atoms with Crippen molar-refractivity contribution in [2.24, 2.45) is 11.3 Å². The number of benzene rings is 2. The van der Waals surface area contributed by atoms with E-state index in [-0.39, 0.29) is 29.6 Å². The van der Waals surface area contributed by atoms with Crippen molar-refractivity contribution in [1.29, 1.82) is 0 Å². The van der Waals surface area contributed by atoms with Crippen LogP contribution in [0.2, 0.25) is 0 Å². The lowest BCUT2D eigenvalue weighted by molar-refractivity contribution is -0.140. The number of hydrogen-bond donors (Lipinski definition) is 2. The zero-order chi connectivity index (χ0) is 24.6. The first kappa shape index (κ1) is 23.0. The topological polar surface area (TPSA) is 95.2 Å². The number of nitrogens with one attached hydrogen (secondary N) is 2. The van der Waals surface area contributed by atoms with E-state index in [0.717, 1.165) is 41.9 Å². The predicted molar refractivity (Wildman–Crippen MR) is 133 cm³/mol. The fourth-order valence-electron chi connectivity index (χ4n) is 5.08. The zero-order valence-electron chi connectivity index (χ0n) is 20.0. The quantitative estimate of drug-likeness (QED) is 0.401. The van der Waals surface area contributed by atoms with Crippen molar-refractivity contribution >= 4 is 18.1 Å². The molecule has 3 aromatic rings. The van der Waals surface area contributed by atoms with Crippen LogP contribution in [0.4, 0.5) is 0 Å². The first-order valence-electron chi connectivity index (χ1n) is 12.2. The molecule has 1 spiro atoms. The van der Waals surface area contributed by atoms with Gasteiger partial charge in [0.2, 0.25) is 12.2 Å². The minimum atomic E-state index is -0.770. The maximum absolute atomic E-state index is 13.5. The van der Waals surface area contributed by atoms with Gasteiger partial charge in [-0.15, -0.1) is 0 Å². The first-order valence-corrected chi connectivity index (χ1v) is 12.2. The summed E-state index contributed by atoms with van der Waals surface area (Å²) in [5.74, 6) is -0.311. The lowest BCUT2D eigenvalue weighted by atomic mass is 10.0. The Hall–Kier alpha value is -3.74. The highest BCUT2D eigenvalue weighted by Crippen LogP contribution is 2.58. The van der Waals surface area contributed by atoms with Gasteiger partial charge in [0.05, 0.1) is 17.9 Å². The van der Waals surface area contributed by atoms with Gasteiger partial charge < -0.3 is 15.2 Å². The molecule has 35 heavy (non-hydrogen) atoms. The van der Waals surface area contributed by atoms with Gasteiger partial charge in [-0.25, -0.2) is 4.98 Å². The number of imidazole rings is 1. The van der Waals surface area contributed by atoms with Crippen LogP contribution in [-0.2, 0) is 14.4 Å². The molecule has 2 amide bonds. The van der Waals surface area contributed by atoms with Crippen molar-refractivity contribution in [3.8, 4) is 22.4 Å². The van der Waals surface area contributed by atoms with Crippen LogP contribution in [0, 0.1) is 11.3 Å². The van der Waals surface area contributed by atoms with Crippen LogP contribution < -0.4 is 5.32 Å². The van der Waals surface area contributed by atoms with Crippen molar-refractivity contribution in [3.05, 3.63) is 66.6 Å². The molecule has 2 N–H and O–H groups in total. The number of nitrogens with zero attached hydrogens (tertiary/aromatic N) is 2. The maximum Gasteiger partial charge on any atom is 0.284 e. The van der Waals surface area contributed by atoms with Crippen molar-refractivity contribution in [1.82, 2.24) is 20.2 Å². The molecular weight excluding hydrogens is 440 g/mol. The fraction of sp³-hybridized carbons (Fsp3) is 0.357. The summed E-state index contributed by atoms with van der Waals surface area (Å²) in [6, 6.07) is 17.6. The molecule has 2 aromatic carbocycles. The maximum atomic E-state index is 13.5. The number of carbonyl (C=O) groups excluding carboxylic acids is 3. The summed E-state index contributed by atoms with van der Waals surface area (Å²) < 4.78 is 0. The van der Waals surface area contributed by atoms with Crippen molar-refractivity contribution in [3.63, 3.8) is 0 Å². The summed E-state index contributed by atoms with van der Waals surface area (Å²) >= 11 is 0. The van der Waals surface area contributed by atoms with E-state index < -0.39 is 11.9 Å². The number of amides is 2. The number of hydrogen-bond acceptors (Lipinski definition) is 4. The second kappa shape index (κ2) is 9.13. The standard InChI is InChI=1S/C28H30N4O3/c1-18(2)25(31-24(34)16-33)27(35)32-17-28(12-13-28)14-23(32)26-29-15-22(30-26)21-10-8-20(9-11-21)19-6-4-3-5-7-19/h3-11,15-16,18,23,25H,12-14,17H2,1-2H3,(H,29,30)(H,31,34)/t23-,25-/m0/s1. The van der Waals surface area contributed by atoms with Crippen molar-refractivity contribution < 1.29 is 14.4 Å². The Bertz CT molecular complexity index is 1230. The van der Waals surface area contributed by atoms with Crippen LogP contribution in [0.15, 0.2) is 60.8 Å². The normalized spacial score (nSPS) is 19.1. The highest BCUT2D eigenvalue weighted by atomic mass is 16.2. The number of aromatic amines is 1. The molecule has 0 unspecified atom stereocenters. The summed E-state index contributed by atoms with van der Waals surface area (Å²) in [5.41, 5.74) is 4.38. The highest BCUT2D eigenvalue weighted by molar-refractivity contribution is 6.24. The zero-order valence-corrected chi connectivity index (χ0v) is 20.0. The molecule has 1 saturated heterocycles. The van der Waals surface area contributed by atoms with E-state index in [4.69, 9.17) is 0 Å². The smallest absolute Gasteiger partial charge is 0.284 e. The van der Waals surface area contributed by atoms with Crippen molar-refractivity contribution in [2.45, 2.75) is 45.2 Å². The van der Waals surface area contributed by atoms with Crippen LogP contribution in [0.3, 0.4) is 0 Å². The largest absolute Gasteiger partial charge is 0.340 e. The number of H-pyrrole nitrogens is 1. The summed E-state index contributed by atoms with van der Waals surface area (Å²) in [6.45, 7) is 4.39. The first-order chi connectivity index (χ1) is 16.9. The molecule has 2 heterocycles. The average Bonchev–Trinajstić information content (AvgIpc) is 3.28. The van der Waals surface area contributed by atoms with E-state index in [1.807, 2.05) is 43.1 Å². The van der Waals surface area contributed by atoms with E-state index in [2.05, 4.69) is 51.7 Å². The third kappa shape index (κ3) is 4.63. The molecule has 1 aromatic heterocycles. The lowest BCUT2D eigenvalue weighted by Crippen LogP contribution is -2.51. The molecule has 1 aliphatic heterocycles. The Balaban J connectivity index is 1.38. The molecule has 1 aliphatic carbocycles. The van der Waals surface area contributed by atoms with Gasteiger partial charge in [0.1, 0.15) is 11.9 Å². The fourth-order valence-corrected chi connectivity index (χ4v) is 5.08. The number of carbonyl (C=O) groups is 3. The van der Waals surface area contributed by atoms with Crippen LogP contribution in [0.5, 0.6) is 0 Å². The molecule has 0 bridgehead atoms. The van der Waals surface area contributed by atoms with Crippen molar-refractivity contribution in [2.75, 3.05) is 6.54 Å². The summed E-state index contributed by atoms with van der Waals surface area (Å²) in [5, 5.41) is 2.58. The molecule has 7 heteroatoms. The Labute approximate surface area is 205 Å². The monoisotopic (exact) mass is 470 g/mol. The molecule has 2 atom stereocenters. The van der Waals surface area contributed by atoms with Crippen LogP contribution in [-0.4, -0.2) is 45.6 Å².